The highest BCUT2D eigenvalue weighted by Crippen LogP contribution is 2.15. The standard InChI is InChI=1S/C24H36O12/c1-17(33-7-6-25)15-32-10-13-36-24(29)21-14-19(4-5-20(21)22(26)27)23(28)35-12-9-31-16-18(2)34-11-8-30-3/h4-5,14,17-18,25H,6-13,15-16H2,1-3H3,(H,26,27). The highest BCUT2D eigenvalue weighted by Gasteiger charge is 2.21. The molecular formula is C24H36O12. The number of esters is 2. The fourth-order valence-electron chi connectivity index (χ4n) is 2.76. The summed E-state index contributed by atoms with van der Waals surface area (Å²) < 4.78 is 36.5. The molecule has 12 nitrogen and oxygen atoms in total. The lowest BCUT2D eigenvalue weighted by Crippen LogP contribution is -2.21. The number of carboxylic acid groups (broad SMARTS) is 1. The summed E-state index contributed by atoms with van der Waals surface area (Å²) in [6, 6.07) is 3.51. The monoisotopic (exact) mass is 516 g/mol. The predicted molar refractivity (Wildman–Crippen MR) is 125 cm³/mol. The molecule has 12 heteroatoms. The Kier molecular flexibility index (Phi) is 16.3. The van der Waals surface area contributed by atoms with Crippen molar-refractivity contribution in [3.8, 4) is 0 Å². The van der Waals surface area contributed by atoms with Gasteiger partial charge in [0, 0.05) is 7.11 Å². The summed E-state index contributed by atoms with van der Waals surface area (Å²) in [5, 5.41) is 18.1. The molecule has 0 heterocycles. The Morgan fingerprint density at radius 1 is 0.778 bits per heavy atom. The summed E-state index contributed by atoms with van der Waals surface area (Å²) >= 11 is 0. The van der Waals surface area contributed by atoms with Crippen LogP contribution in [0.2, 0.25) is 0 Å². The van der Waals surface area contributed by atoms with E-state index in [9.17, 15) is 19.5 Å². The van der Waals surface area contributed by atoms with Gasteiger partial charge in [-0.2, -0.15) is 0 Å². The van der Waals surface area contributed by atoms with Gasteiger partial charge in [0.1, 0.15) is 13.2 Å². The van der Waals surface area contributed by atoms with Crippen molar-refractivity contribution in [2.24, 2.45) is 0 Å². The Balaban J connectivity index is 2.51. The van der Waals surface area contributed by atoms with Crippen molar-refractivity contribution in [1.29, 1.82) is 0 Å². The molecule has 1 rings (SSSR count). The molecule has 2 N–H and O–H groups in total. The molecule has 1 aromatic carbocycles. The number of carbonyl (C=O) groups excluding carboxylic acids is 2. The number of carboxylic acids is 1. The van der Waals surface area contributed by atoms with Gasteiger partial charge in [-0.25, -0.2) is 14.4 Å². The molecule has 36 heavy (non-hydrogen) atoms. The topological polar surface area (TPSA) is 156 Å². The number of ether oxygens (including phenoxy) is 7. The lowest BCUT2D eigenvalue weighted by molar-refractivity contribution is -0.0321. The second-order valence-electron chi connectivity index (χ2n) is 7.57. The van der Waals surface area contributed by atoms with E-state index in [1.54, 1.807) is 14.0 Å². The lowest BCUT2D eigenvalue weighted by Gasteiger charge is -2.13. The van der Waals surface area contributed by atoms with Crippen LogP contribution in [0.5, 0.6) is 0 Å². The molecule has 204 valence electrons. The maximum absolute atomic E-state index is 12.5. The summed E-state index contributed by atoms with van der Waals surface area (Å²) in [6.45, 7) is 5.16. The zero-order valence-electron chi connectivity index (χ0n) is 20.9. The molecule has 0 radical (unpaired) electrons. The van der Waals surface area contributed by atoms with E-state index < -0.39 is 17.9 Å². The minimum Gasteiger partial charge on any atom is -0.478 e. The van der Waals surface area contributed by atoms with E-state index in [1.807, 2.05) is 6.92 Å². The summed E-state index contributed by atoms with van der Waals surface area (Å²) in [7, 11) is 1.58. The fourth-order valence-corrected chi connectivity index (χ4v) is 2.76. The Labute approximate surface area is 210 Å². The van der Waals surface area contributed by atoms with Crippen LogP contribution in [0.3, 0.4) is 0 Å². The van der Waals surface area contributed by atoms with E-state index in [1.165, 1.54) is 6.07 Å². The number of hydrogen-bond donors (Lipinski definition) is 2. The Bertz CT molecular complexity index is 797. The van der Waals surface area contributed by atoms with Crippen LogP contribution in [0.25, 0.3) is 0 Å². The van der Waals surface area contributed by atoms with Gasteiger partial charge in [0.25, 0.3) is 0 Å². The Morgan fingerprint density at radius 3 is 1.92 bits per heavy atom. The van der Waals surface area contributed by atoms with E-state index >= 15 is 0 Å². The number of methoxy groups -OCH3 is 1. The number of hydrogen-bond acceptors (Lipinski definition) is 11. The quantitative estimate of drug-likeness (QED) is 0.189. The van der Waals surface area contributed by atoms with Crippen LogP contribution in [0.15, 0.2) is 18.2 Å². The molecular weight excluding hydrogens is 480 g/mol. The molecule has 0 aromatic heterocycles. The van der Waals surface area contributed by atoms with Crippen molar-refractivity contribution in [2.45, 2.75) is 26.1 Å². The minimum atomic E-state index is -1.34. The Hall–Kier alpha value is -2.61. The van der Waals surface area contributed by atoms with Gasteiger partial charge in [-0.3, -0.25) is 0 Å². The van der Waals surface area contributed by atoms with Gasteiger partial charge in [-0.15, -0.1) is 0 Å². The van der Waals surface area contributed by atoms with Crippen molar-refractivity contribution < 1.29 is 57.8 Å². The summed E-state index contributed by atoms with van der Waals surface area (Å²) in [5.74, 6) is -3.00. The van der Waals surface area contributed by atoms with Crippen molar-refractivity contribution >= 4 is 17.9 Å². The number of rotatable bonds is 20. The molecule has 0 fully saturated rings. The predicted octanol–water partition coefficient (Wildman–Crippen LogP) is 1.18. The SMILES string of the molecule is COCCOC(C)COCCOC(=O)c1ccc(C(=O)O)c(C(=O)OCCOCC(C)OCCO)c1. The van der Waals surface area contributed by atoms with Gasteiger partial charge < -0.3 is 43.4 Å². The first-order chi connectivity index (χ1) is 17.3. The number of aliphatic hydroxyl groups is 1. The highest BCUT2D eigenvalue weighted by atomic mass is 16.6. The first-order valence-corrected chi connectivity index (χ1v) is 11.5. The highest BCUT2D eigenvalue weighted by molar-refractivity contribution is 6.04. The molecule has 0 aliphatic heterocycles. The maximum Gasteiger partial charge on any atom is 0.339 e. The Morgan fingerprint density at radius 2 is 1.36 bits per heavy atom. The van der Waals surface area contributed by atoms with E-state index in [-0.39, 0.29) is 75.1 Å². The smallest absolute Gasteiger partial charge is 0.339 e. The average molecular weight is 517 g/mol. The molecule has 0 amide bonds. The van der Waals surface area contributed by atoms with Crippen LogP contribution in [-0.2, 0) is 33.2 Å². The minimum absolute atomic E-state index is 0.00526. The zero-order valence-corrected chi connectivity index (χ0v) is 20.9. The van der Waals surface area contributed by atoms with Gasteiger partial charge in [0.2, 0.25) is 0 Å². The zero-order chi connectivity index (χ0) is 26.8. The van der Waals surface area contributed by atoms with Crippen molar-refractivity contribution in [3.63, 3.8) is 0 Å². The molecule has 1 aromatic rings. The van der Waals surface area contributed by atoms with Gasteiger partial charge in [0.05, 0.1) is 81.8 Å². The summed E-state index contributed by atoms with van der Waals surface area (Å²) in [5.41, 5.74) is -0.599. The number of carbonyl (C=O) groups is 3. The fraction of sp³-hybridized carbons (Fsp3) is 0.625. The molecule has 0 aliphatic rings. The lowest BCUT2D eigenvalue weighted by atomic mass is 10.0. The summed E-state index contributed by atoms with van der Waals surface area (Å²) in [4.78, 5) is 36.3. The third-order valence-electron chi connectivity index (χ3n) is 4.52. The normalized spacial score (nSPS) is 12.7. The van der Waals surface area contributed by atoms with Gasteiger partial charge in [0.15, 0.2) is 0 Å². The number of aliphatic hydroxyl groups excluding tert-OH is 1. The van der Waals surface area contributed by atoms with Crippen molar-refractivity contribution in [3.05, 3.63) is 34.9 Å². The molecule has 0 bridgehead atoms. The second-order valence-corrected chi connectivity index (χ2v) is 7.57. The third-order valence-corrected chi connectivity index (χ3v) is 4.52. The molecule has 0 aliphatic carbocycles. The first-order valence-electron chi connectivity index (χ1n) is 11.5. The van der Waals surface area contributed by atoms with Crippen LogP contribution >= 0.6 is 0 Å². The van der Waals surface area contributed by atoms with Crippen LogP contribution in [0.4, 0.5) is 0 Å². The summed E-state index contributed by atoms with van der Waals surface area (Å²) in [6.07, 6.45) is -0.404. The molecule has 0 saturated carbocycles. The van der Waals surface area contributed by atoms with Gasteiger partial charge >= 0.3 is 17.9 Å². The third kappa shape index (κ3) is 12.9. The van der Waals surface area contributed by atoms with E-state index in [0.29, 0.717) is 19.8 Å². The average Bonchev–Trinajstić information content (AvgIpc) is 2.86. The van der Waals surface area contributed by atoms with Gasteiger partial charge in [-0.05, 0) is 32.0 Å². The van der Waals surface area contributed by atoms with Crippen LogP contribution in [0, 0.1) is 0 Å². The van der Waals surface area contributed by atoms with Crippen molar-refractivity contribution in [2.75, 3.05) is 73.2 Å². The number of benzene rings is 1. The second kappa shape index (κ2) is 18.6. The molecule has 2 unspecified atom stereocenters. The molecule has 2 atom stereocenters. The van der Waals surface area contributed by atoms with Crippen molar-refractivity contribution in [1.82, 2.24) is 0 Å². The van der Waals surface area contributed by atoms with Gasteiger partial charge in [-0.1, -0.05) is 0 Å². The van der Waals surface area contributed by atoms with Crippen LogP contribution in [0.1, 0.15) is 44.9 Å². The molecule has 0 spiro atoms. The van der Waals surface area contributed by atoms with E-state index in [4.69, 9.17) is 38.3 Å². The van der Waals surface area contributed by atoms with E-state index in [2.05, 4.69) is 0 Å². The van der Waals surface area contributed by atoms with E-state index in [0.717, 1.165) is 12.1 Å². The first kappa shape index (κ1) is 31.4. The van der Waals surface area contributed by atoms with Crippen LogP contribution < -0.4 is 0 Å². The number of aromatic carboxylic acids is 1. The largest absolute Gasteiger partial charge is 0.478 e. The maximum atomic E-state index is 12.5. The molecule has 0 saturated heterocycles. The van der Waals surface area contributed by atoms with Crippen LogP contribution in [-0.4, -0.2) is 114 Å².